The highest BCUT2D eigenvalue weighted by molar-refractivity contribution is 7.23. The zero-order valence-corrected chi connectivity index (χ0v) is 22.6. The molecule has 0 bridgehead atoms. The second-order valence-corrected chi connectivity index (χ2v) is 11.0. The van der Waals surface area contributed by atoms with E-state index in [2.05, 4.69) is 30.1 Å². The topological polar surface area (TPSA) is 72.9 Å². The molecule has 9 heteroatoms. The maximum atomic E-state index is 13.5. The summed E-state index contributed by atoms with van der Waals surface area (Å²) in [5.41, 5.74) is 3.73. The number of amides is 1. The number of thiazole rings is 1. The van der Waals surface area contributed by atoms with Crippen LogP contribution in [0.5, 0.6) is 17.2 Å². The summed E-state index contributed by atoms with van der Waals surface area (Å²) >= 11 is 3.31. The molecule has 0 fully saturated rings. The Balaban J connectivity index is 1.57. The Labute approximate surface area is 218 Å². The van der Waals surface area contributed by atoms with Gasteiger partial charge in [0.1, 0.15) is 10.0 Å². The molecule has 4 aromatic rings. The molecule has 1 aliphatic rings. The highest BCUT2D eigenvalue weighted by atomic mass is 32.1. The summed E-state index contributed by atoms with van der Waals surface area (Å²) in [6.07, 6.45) is 0.926. The molecule has 1 N–H and O–H groups in total. The largest absolute Gasteiger partial charge is 0.493 e. The molecular formula is C27H29N3O4S2. The second kappa shape index (κ2) is 10.1. The van der Waals surface area contributed by atoms with Crippen molar-refractivity contribution in [3.63, 3.8) is 0 Å². The van der Waals surface area contributed by atoms with Gasteiger partial charge in [-0.05, 0) is 50.1 Å². The summed E-state index contributed by atoms with van der Waals surface area (Å²) in [5.74, 6) is 1.08. The molecule has 5 rings (SSSR count). The summed E-state index contributed by atoms with van der Waals surface area (Å²) in [5, 5.41) is 4.95. The first-order valence-electron chi connectivity index (χ1n) is 11.8. The fraction of sp³-hybridized carbons (Fsp3) is 0.333. The number of methoxy groups -OCH3 is 3. The molecule has 0 radical (unpaired) electrons. The molecule has 188 valence electrons. The highest BCUT2D eigenvalue weighted by Crippen LogP contribution is 2.46. The quantitative estimate of drug-likeness (QED) is 0.317. The minimum Gasteiger partial charge on any atom is -0.493 e. The Kier molecular flexibility index (Phi) is 6.87. The summed E-state index contributed by atoms with van der Waals surface area (Å²) < 4.78 is 17.4. The molecule has 0 unspecified atom stereocenters. The zero-order valence-electron chi connectivity index (χ0n) is 21.0. The van der Waals surface area contributed by atoms with Crippen LogP contribution in [-0.2, 0) is 13.0 Å². The molecule has 0 saturated carbocycles. The van der Waals surface area contributed by atoms with Crippen LogP contribution in [-0.4, -0.2) is 49.7 Å². The van der Waals surface area contributed by atoms with E-state index in [-0.39, 0.29) is 5.91 Å². The van der Waals surface area contributed by atoms with Crippen LogP contribution < -0.4 is 19.5 Å². The molecular weight excluding hydrogens is 494 g/mol. The summed E-state index contributed by atoms with van der Waals surface area (Å²) in [6, 6.07) is 11.9. The standard InChI is InChI=1S/C27H29N3O4S2/c1-15(2)30-11-10-17-22(14-30)36-27(23(17)26-28-18-8-6-7-9-21(18)35-26)29-25(31)16-12-19(32-3)24(34-5)20(13-16)33-4/h6-9,12-13,15H,10-11,14H2,1-5H3,(H,29,31). The number of nitrogens with one attached hydrogen (secondary N) is 1. The van der Waals surface area contributed by atoms with Crippen molar-refractivity contribution in [2.75, 3.05) is 33.2 Å². The third kappa shape index (κ3) is 4.42. The fourth-order valence-corrected chi connectivity index (χ4v) is 6.92. The third-order valence-corrected chi connectivity index (χ3v) is 8.66. The number of fused-ring (bicyclic) bond motifs is 2. The molecule has 2 aromatic carbocycles. The Morgan fingerprint density at radius 3 is 2.42 bits per heavy atom. The number of thiophene rings is 1. The average molecular weight is 524 g/mol. The van der Waals surface area contributed by atoms with Gasteiger partial charge in [-0.2, -0.15) is 0 Å². The Morgan fingerprint density at radius 1 is 1.06 bits per heavy atom. The number of rotatable bonds is 7. The normalized spacial score (nSPS) is 13.6. The summed E-state index contributed by atoms with van der Waals surface area (Å²) in [7, 11) is 4.62. The van der Waals surface area contributed by atoms with Crippen LogP contribution >= 0.6 is 22.7 Å². The van der Waals surface area contributed by atoms with Crippen LogP contribution in [0.1, 0.15) is 34.6 Å². The van der Waals surface area contributed by atoms with Crippen molar-refractivity contribution >= 4 is 43.8 Å². The molecule has 7 nitrogen and oxygen atoms in total. The highest BCUT2D eigenvalue weighted by Gasteiger charge is 2.29. The number of para-hydroxylation sites is 1. The predicted octanol–water partition coefficient (Wildman–Crippen LogP) is 6.07. The number of ether oxygens (including phenoxy) is 3. The van der Waals surface area contributed by atoms with Crippen molar-refractivity contribution in [1.29, 1.82) is 0 Å². The van der Waals surface area contributed by atoms with Gasteiger partial charge in [0.05, 0.1) is 31.5 Å². The number of aromatic nitrogens is 1. The monoisotopic (exact) mass is 523 g/mol. The van der Waals surface area contributed by atoms with Crippen LogP contribution in [0.2, 0.25) is 0 Å². The van der Waals surface area contributed by atoms with Crippen LogP contribution in [0.25, 0.3) is 20.8 Å². The van der Waals surface area contributed by atoms with Gasteiger partial charge in [0.25, 0.3) is 5.91 Å². The molecule has 1 amide bonds. The fourth-order valence-electron chi connectivity index (χ4n) is 4.54. The molecule has 3 heterocycles. The van der Waals surface area contributed by atoms with Gasteiger partial charge in [-0.3, -0.25) is 9.69 Å². The number of nitrogens with zero attached hydrogens (tertiary/aromatic N) is 2. The first-order chi connectivity index (χ1) is 17.4. The minimum atomic E-state index is -0.240. The number of anilines is 1. The lowest BCUT2D eigenvalue weighted by Gasteiger charge is -2.30. The molecule has 1 aliphatic heterocycles. The van der Waals surface area contributed by atoms with Crippen molar-refractivity contribution in [3.05, 3.63) is 52.4 Å². The van der Waals surface area contributed by atoms with E-state index in [1.165, 1.54) is 24.7 Å². The van der Waals surface area contributed by atoms with Gasteiger partial charge in [0, 0.05) is 35.1 Å². The maximum Gasteiger partial charge on any atom is 0.256 e. The van der Waals surface area contributed by atoms with E-state index in [9.17, 15) is 4.79 Å². The van der Waals surface area contributed by atoms with Crippen molar-refractivity contribution in [2.45, 2.75) is 32.9 Å². The van der Waals surface area contributed by atoms with Gasteiger partial charge in [-0.1, -0.05) is 12.1 Å². The van der Waals surface area contributed by atoms with Gasteiger partial charge >= 0.3 is 0 Å². The van der Waals surface area contributed by atoms with Crippen LogP contribution in [0.15, 0.2) is 36.4 Å². The number of carbonyl (C=O) groups excluding carboxylic acids is 1. The second-order valence-electron chi connectivity index (χ2n) is 8.88. The summed E-state index contributed by atoms with van der Waals surface area (Å²) in [6.45, 7) is 6.30. The first kappa shape index (κ1) is 24.5. The molecule has 36 heavy (non-hydrogen) atoms. The van der Waals surface area contributed by atoms with Crippen molar-refractivity contribution in [1.82, 2.24) is 9.88 Å². The van der Waals surface area contributed by atoms with E-state index in [1.807, 2.05) is 18.2 Å². The van der Waals surface area contributed by atoms with Gasteiger partial charge < -0.3 is 19.5 Å². The van der Waals surface area contributed by atoms with E-state index >= 15 is 0 Å². The van der Waals surface area contributed by atoms with Gasteiger partial charge in [0.15, 0.2) is 11.5 Å². The zero-order chi connectivity index (χ0) is 25.4. The number of hydrogen-bond acceptors (Lipinski definition) is 8. The van der Waals surface area contributed by atoms with Crippen molar-refractivity contribution in [2.24, 2.45) is 0 Å². The Hall–Kier alpha value is -3.14. The van der Waals surface area contributed by atoms with E-state index in [0.29, 0.717) is 28.9 Å². The van der Waals surface area contributed by atoms with E-state index in [0.717, 1.165) is 45.3 Å². The Morgan fingerprint density at radius 2 is 1.78 bits per heavy atom. The van der Waals surface area contributed by atoms with E-state index in [1.54, 1.807) is 41.9 Å². The first-order valence-corrected chi connectivity index (χ1v) is 13.4. The maximum absolute atomic E-state index is 13.5. The third-order valence-electron chi connectivity index (χ3n) is 6.48. The van der Waals surface area contributed by atoms with Gasteiger partial charge in [0.2, 0.25) is 5.75 Å². The molecule has 0 atom stereocenters. The number of hydrogen-bond donors (Lipinski definition) is 1. The molecule has 0 spiro atoms. The lowest BCUT2D eigenvalue weighted by Crippen LogP contribution is -2.35. The van der Waals surface area contributed by atoms with E-state index < -0.39 is 0 Å². The van der Waals surface area contributed by atoms with Crippen molar-refractivity contribution in [3.8, 4) is 27.8 Å². The number of benzene rings is 2. The van der Waals surface area contributed by atoms with Gasteiger partial charge in [-0.25, -0.2) is 4.98 Å². The smallest absolute Gasteiger partial charge is 0.256 e. The Bertz CT molecular complexity index is 1370. The molecule has 2 aromatic heterocycles. The lowest BCUT2D eigenvalue weighted by atomic mass is 10.0. The SMILES string of the molecule is COc1cc(C(=O)Nc2sc3c(c2-c2nc4ccccc4s2)CCN(C(C)C)C3)cc(OC)c1OC. The van der Waals surface area contributed by atoms with Crippen LogP contribution in [0, 0.1) is 0 Å². The lowest BCUT2D eigenvalue weighted by molar-refractivity contribution is 0.102. The van der Waals surface area contributed by atoms with Crippen molar-refractivity contribution < 1.29 is 19.0 Å². The van der Waals surface area contributed by atoms with Crippen LogP contribution in [0.4, 0.5) is 5.00 Å². The van der Waals surface area contributed by atoms with Crippen LogP contribution in [0.3, 0.4) is 0 Å². The van der Waals surface area contributed by atoms with Gasteiger partial charge in [-0.15, -0.1) is 22.7 Å². The predicted molar refractivity (Wildman–Crippen MR) is 146 cm³/mol. The molecule has 0 saturated heterocycles. The minimum absolute atomic E-state index is 0.240. The number of carbonyl (C=O) groups is 1. The average Bonchev–Trinajstić information content (AvgIpc) is 3.47. The molecule has 0 aliphatic carbocycles. The summed E-state index contributed by atoms with van der Waals surface area (Å²) in [4.78, 5) is 22.2. The van der Waals surface area contributed by atoms with E-state index in [4.69, 9.17) is 19.2 Å².